The molecule has 0 atom stereocenters. The summed E-state index contributed by atoms with van der Waals surface area (Å²) in [5.74, 6) is -11.0. The molecular weight excluding hydrogens is 303 g/mol. The van der Waals surface area contributed by atoms with Crippen LogP contribution in [0.25, 0.3) is 0 Å². The summed E-state index contributed by atoms with van der Waals surface area (Å²) in [6, 6.07) is 0. The molecule has 0 unspecified atom stereocenters. The Bertz CT molecular complexity index is 395. The van der Waals surface area contributed by atoms with Crippen molar-refractivity contribution in [2.24, 2.45) is 0 Å². The van der Waals surface area contributed by atoms with Crippen LogP contribution in [0.2, 0.25) is 0 Å². The Kier molecular flexibility index (Phi) is 4.30. The van der Waals surface area contributed by atoms with Crippen LogP contribution in [0.5, 0.6) is 0 Å². The molecule has 1 N–H and O–H groups in total. The van der Waals surface area contributed by atoms with E-state index in [9.17, 15) is 49.1 Å². The zero-order chi connectivity index (χ0) is 15.8. The molecule has 19 heavy (non-hydrogen) atoms. The highest BCUT2D eigenvalue weighted by atomic mass is 19.4. The maximum Gasteiger partial charge on any atom is 0.455 e. The molecule has 0 aromatic carbocycles. The van der Waals surface area contributed by atoms with Gasteiger partial charge >= 0.3 is 18.5 Å². The van der Waals surface area contributed by atoms with Crippen LogP contribution in [0.1, 0.15) is 0 Å². The van der Waals surface area contributed by atoms with E-state index in [1.54, 1.807) is 0 Å². The minimum atomic E-state index is -6.20. The van der Waals surface area contributed by atoms with Crippen LogP contribution in [-0.2, 0) is 9.59 Å². The Hall–Kier alpha value is -1.75. The Morgan fingerprint density at radius 3 is 1.05 bits per heavy atom. The lowest BCUT2D eigenvalue weighted by Crippen LogP contribution is -2.37. The molecular formula is C7HF9O3. The van der Waals surface area contributed by atoms with Crippen LogP contribution in [0.3, 0.4) is 0 Å². The van der Waals surface area contributed by atoms with Gasteiger partial charge in [0, 0.05) is 0 Å². The fourth-order valence-corrected chi connectivity index (χ4v) is 0.743. The summed E-state index contributed by atoms with van der Waals surface area (Å²) in [6.07, 6.45) is -18.5. The number of aliphatic hydroxyl groups excluding tert-OH is 1. The minimum Gasteiger partial charge on any atom is -0.504 e. The van der Waals surface area contributed by atoms with Crippen molar-refractivity contribution in [3.63, 3.8) is 0 Å². The summed E-state index contributed by atoms with van der Waals surface area (Å²) in [7, 11) is 0. The van der Waals surface area contributed by atoms with E-state index < -0.39 is 41.4 Å². The molecule has 0 saturated carbocycles. The van der Waals surface area contributed by atoms with Gasteiger partial charge in [0.15, 0.2) is 0 Å². The zero-order valence-electron chi connectivity index (χ0n) is 8.17. The number of alkyl halides is 9. The van der Waals surface area contributed by atoms with E-state index in [-0.39, 0.29) is 0 Å². The molecule has 0 aliphatic carbocycles. The first-order chi connectivity index (χ1) is 8.10. The second-order valence-electron chi connectivity index (χ2n) is 2.88. The quantitative estimate of drug-likeness (QED) is 0.280. The SMILES string of the molecule is O=C(C(C(=O)C(F)(F)F)=C(O)C(F)(F)F)C(F)(F)F. The summed E-state index contributed by atoms with van der Waals surface area (Å²) in [6.45, 7) is 0. The molecule has 0 rings (SSSR count). The van der Waals surface area contributed by atoms with E-state index in [0.717, 1.165) is 0 Å². The highest BCUT2D eigenvalue weighted by molar-refractivity contribution is 6.24. The number of hydrogen-bond acceptors (Lipinski definition) is 3. The van der Waals surface area contributed by atoms with E-state index in [1.807, 2.05) is 0 Å². The van der Waals surface area contributed by atoms with Crippen molar-refractivity contribution in [2.75, 3.05) is 0 Å². The summed E-state index contributed by atoms with van der Waals surface area (Å²) < 4.78 is 106. The lowest BCUT2D eigenvalue weighted by molar-refractivity contribution is -0.178. The van der Waals surface area contributed by atoms with E-state index in [2.05, 4.69) is 0 Å². The Morgan fingerprint density at radius 2 is 0.895 bits per heavy atom. The lowest BCUT2D eigenvalue weighted by Gasteiger charge is -2.14. The fraction of sp³-hybridized carbons (Fsp3) is 0.429. The molecule has 3 nitrogen and oxygen atoms in total. The van der Waals surface area contributed by atoms with Gasteiger partial charge in [0.2, 0.25) is 5.76 Å². The number of aliphatic hydroxyl groups is 1. The van der Waals surface area contributed by atoms with Gasteiger partial charge in [-0.05, 0) is 0 Å². The molecule has 0 aromatic heterocycles. The average molecular weight is 304 g/mol. The number of allylic oxidation sites excluding steroid dienone is 2. The third-order valence-electron chi connectivity index (χ3n) is 1.47. The van der Waals surface area contributed by atoms with Crippen molar-refractivity contribution >= 4 is 11.6 Å². The summed E-state index contributed by atoms with van der Waals surface area (Å²) in [4.78, 5) is 20.8. The second-order valence-corrected chi connectivity index (χ2v) is 2.88. The molecule has 0 aliphatic heterocycles. The molecule has 0 fully saturated rings. The van der Waals surface area contributed by atoms with E-state index in [4.69, 9.17) is 5.11 Å². The second kappa shape index (κ2) is 4.74. The molecule has 12 heteroatoms. The number of carbonyl (C=O) groups is 2. The van der Waals surface area contributed by atoms with Crippen LogP contribution in [0, 0.1) is 0 Å². The average Bonchev–Trinajstić information content (AvgIpc) is 2.13. The van der Waals surface area contributed by atoms with Crippen molar-refractivity contribution < 1.29 is 54.2 Å². The highest BCUT2D eigenvalue weighted by Crippen LogP contribution is 2.34. The van der Waals surface area contributed by atoms with Gasteiger partial charge in [0.05, 0.1) is 0 Å². The molecule has 0 aromatic rings. The predicted molar refractivity (Wildman–Crippen MR) is 37.8 cm³/mol. The number of rotatable bonds is 2. The van der Waals surface area contributed by atoms with Gasteiger partial charge in [0.1, 0.15) is 5.57 Å². The summed E-state index contributed by atoms with van der Waals surface area (Å²) >= 11 is 0. The number of hydrogen-bond donors (Lipinski definition) is 1. The van der Waals surface area contributed by atoms with Crippen molar-refractivity contribution in [3.8, 4) is 0 Å². The van der Waals surface area contributed by atoms with Gasteiger partial charge < -0.3 is 5.11 Å². The zero-order valence-corrected chi connectivity index (χ0v) is 8.17. The van der Waals surface area contributed by atoms with Crippen LogP contribution in [-0.4, -0.2) is 35.2 Å². The van der Waals surface area contributed by atoms with E-state index >= 15 is 0 Å². The van der Waals surface area contributed by atoms with Gasteiger partial charge in [-0.3, -0.25) is 9.59 Å². The molecule has 0 spiro atoms. The monoisotopic (exact) mass is 304 g/mol. The number of ketones is 2. The van der Waals surface area contributed by atoms with Gasteiger partial charge in [-0.25, -0.2) is 0 Å². The van der Waals surface area contributed by atoms with Crippen LogP contribution in [0.15, 0.2) is 11.3 Å². The molecule has 110 valence electrons. The smallest absolute Gasteiger partial charge is 0.455 e. The highest BCUT2D eigenvalue weighted by Gasteiger charge is 2.55. The topological polar surface area (TPSA) is 54.4 Å². The van der Waals surface area contributed by atoms with Gasteiger partial charge in [-0.1, -0.05) is 0 Å². The molecule has 0 aliphatic rings. The lowest BCUT2D eigenvalue weighted by atomic mass is 10.0. The molecule has 0 radical (unpaired) electrons. The maximum absolute atomic E-state index is 11.8. The molecule has 0 saturated heterocycles. The fourth-order valence-electron chi connectivity index (χ4n) is 0.743. The van der Waals surface area contributed by atoms with E-state index in [1.165, 1.54) is 0 Å². The number of Topliss-reactive ketones (excluding diaryl/α,β-unsaturated/α-hetero) is 2. The van der Waals surface area contributed by atoms with Crippen molar-refractivity contribution in [1.82, 2.24) is 0 Å². The molecule has 0 amide bonds. The third kappa shape index (κ3) is 4.13. The maximum atomic E-state index is 11.8. The molecule has 0 bridgehead atoms. The molecule has 0 heterocycles. The van der Waals surface area contributed by atoms with Gasteiger partial charge in [-0.2, -0.15) is 39.5 Å². The van der Waals surface area contributed by atoms with Crippen molar-refractivity contribution in [1.29, 1.82) is 0 Å². The Morgan fingerprint density at radius 1 is 0.632 bits per heavy atom. The van der Waals surface area contributed by atoms with Gasteiger partial charge in [0.25, 0.3) is 11.6 Å². The Labute approximate surface area is 96.8 Å². The first-order valence-corrected chi connectivity index (χ1v) is 3.83. The first kappa shape index (κ1) is 17.2. The van der Waals surface area contributed by atoms with Crippen LogP contribution < -0.4 is 0 Å². The third-order valence-corrected chi connectivity index (χ3v) is 1.47. The van der Waals surface area contributed by atoms with E-state index in [0.29, 0.717) is 0 Å². The summed E-state index contributed by atoms with van der Waals surface area (Å²) in [5.41, 5.74) is -3.42. The Balaban J connectivity index is 6.11. The van der Waals surface area contributed by atoms with Crippen LogP contribution >= 0.6 is 0 Å². The largest absolute Gasteiger partial charge is 0.504 e. The normalized spacial score (nSPS) is 13.1. The minimum absolute atomic E-state index is 3.42. The number of halogens is 9. The first-order valence-electron chi connectivity index (χ1n) is 3.83. The predicted octanol–water partition coefficient (Wildman–Crippen LogP) is 2.62. The standard InChI is InChI=1S/C7HF9O3/c8-5(9,10)2(17)1(3(18)6(11,12)13)4(19)7(14,15)16/h17H. The number of carbonyl (C=O) groups excluding carboxylic acids is 2. The van der Waals surface area contributed by atoms with Gasteiger partial charge in [-0.15, -0.1) is 0 Å². The summed E-state index contributed by atoms with van der Waals surface area (Å²) in [5, 5.41) is 8.23. The van der Waals surface area contributed by atoms with Crippen molar-refractivity contribution in [3.05, 3.63) is 11.3 Å². The van der Waals surface area contributed by atoms with Crippen LogP contribution in [0.4, 0.5) is 39.5 Å². The van der Waals surface area contributed by atoms with Crippen molar-refractivity contribution in [2.45, 2.75) is 18.5 Å².